The molecule has 0 saturated heterocycles. The van der Waals surface area contributed by atoms with Crippen LogP contribution in [0.25, 0.3) is 16.6 Å². The van der Waals surface area contributed by atoms with Gasteiger partial charge in [0.1, 0.15) is 17.0 Å². The van der Waals surface area contributed by atoms with E-state index >= 15 is 0 Å². The Morgan fingerprint density at radius 2 is 2.13 bits per heavy atom. The molecule has 1 aromatic carbocycles. The zero-order valence-corrected chi connectivity index (χ0v) is 16.8. The molecule has 154 valence electrons. The first-order valence-electron chi connectivity index (χ1n) is 10.4. The van der Waals surface area contributed by atoms with Crippen LogP contribution in [0.5, 0.6) is 5.75 Å². The molecule has 1 fully saturated rings. The number of aromatic nitrogens is 5. The van der Waals surface area contributed by atoms with Crippen LogP contribution in [0.4, 0.5) is 5.95 Å². The summed E-state index contributed by atoms with van der Waals surface area (Å²) in [6, 6.07) is 5.75. The molecule has 4 heterocycles. The topological polar surface area (TPSA) is 108 Å². The monoisotopic (exact) mass is 405 g/mol. The van der Waals surface area contributed by atoms with E-state index < -0.39 is 0 Å². The fourth-order valence-electron chi connectivity index (χ4n) is 4.16. The summed E-state index contributed by atoms with van der Waals surface area (Å²) in [5.41, 5.74) is 8.69. The highest BCUT2D eigenvalue weighted by molar-refractivity contribution is 5.95. The molecule has 6 rings (SSSR count). The predicted octanol–water partition coefficient (Wildman–Crippen LogP) is 2.33. The second-order valence-corrected chi connectivity index (χ2v) is 8.06. The van der Waals surface area contributed by atoms with Gasteiger partial charge in [-0.3, -0.25) is 4.90 Å². The number of nitrogens with zero attached hydrogens (tertiary/aromatic N) is 6. The number of hydrogen-bond acceptors (Lipinski definition) is 8. The predicted molar refractivity (Wildman–Crippen MR) is 110 cm³/mol. The van der Waals surface area contributed by atoms with E-state index in [2.05, 4.69) is 15.0 Å². The van der Waals surface area contributed by atoms with Gasteiger partial charge < -0.3 is 14.9 Å². The van der Waals surface area contributed by atoms with Crippen molar-refractivity contribution in [3.05, 3.63) is 41.4 Å². The van der Waals surface area contributed by atoms with Crippen LogP contribution in [-0.4, -0.2) is 49.7 Å². The Balaban J connectivity index is 1.23. The van der Waals surface area contributed by atoms with Crippen LogP contribution in [0.15, 0.2) is 22.6 Å². The number of para-hydroxylation sites is 1. The van der Waals surface area contributed by atoms with E-state index in [0.717, 1.165) is 61.0 Å². The van der Waals surface area contributed by atoms with Gasteiger partial charge in [-0.2, -0.15) is 4.52 Å². The third kappa shape index (κ3) is 2.88. The van der Waals surface area contributed by atoms with Crippen molar-refractivity contribution in [2.75, 3.05) is 25.9 Å². The molecule has 1 saturated carbocycles. The highest BCUT2D eigenvalue weighted by Gasteiger charge is 2.31. The molecule has 2 aliphatic rings. The Labute approximate surface area is 172 Å². The minimum atomic E-state index is 0.303. The molecule has 0 amide bonds. The van der Waals surface area contributed by atoms with Crippen LogP contribution in [0.2, 0.25) is 0 Å². The maximum atomic E-state index is 6.15. The van der Waals surface area contributed by atoms with Crippen molar-refractivity contribution in [3.8, 4) is 5.75 Å². The van der Waals surface area contributed by atoms with Crippen LogP contribution in [-0.2, 0) is 19.4 Å². The van der Waals surface area contributed by atoms with Crippen molar-refractivity contribution in [3.63, 3.8) is 0 Å². The van der Waals surface area contributed by atoms with Crippen molar-refractivity contribution in [2.45, 2.75) is 38.1 Å². The largest absolute Gasteiger partial charge is 0.494 e. The lowest BCUT2D eigenvalue weighted by atomic mass is 10.1. The maximum absolute atomic E-state index is 6.15. The first kappa shape index (κ1) is 17.6. The average molecular weight is 405 g/mol. The van der Waals surface area contributed by atoms with Gasteiger partial charge in [0.25, 0.3) is 0 Å². The van der Waals surface area contributed by atoms with Crippen LogP contribution >= 0.6 is 0 Å². The molecule has 30 heavy (non-hydrogen) atoms. The summed E-state index contributed by atoms with van der Waals surface area (Å²) in [4.78, 5) is 16.3. The molecular weight excluding hydrogens is 382 g/mol. The number of fused-ring (bicyclic) bond motifs is 4. The molecule has 9 heteroatoms. The molecule has 9 nitrogen and oxygen atoms in total. The Morgan fingerprint density at radius 3 is 2.97 bits per heavy atom. The number of hydrogen-bond donors (Lipinski definition) is 1. The molecule has 1 aliphatic carbocycles. The first-order valence-corrected chi connectivity index (χ1v) is 10.4. The zero-order valence-electron chi connectivity index (χ0n) is 16.8. The number of rotatable bonds is 5. The van der Waals surface area contributed by atoms with Crippen LogP contribution in [0.1, 0.15) is 41.9 Å². The molecule has 3 aromatic heterocycles. The van der Waals surface area contributed by atoms with Crippen molar-refractivity contribution in [1.82, 2.24) is 29.5 Å². The second-order valence-electron chi connectivity index (χ2n) is 8.06. The Hall–Kier alpha value is -3.20. The van der Waals surface area contributed by atoms with E-state index in [4.69, 9.17) is 24.9 Å². The lowest BCUT2D eigenvalue weighted by molar-refractivity contribution is 0.228. The van der Waals surface area contributed by atoms with E-state index in [1.54, 1.807) is 11.6 Å². The Kier molecular flexibility index (Phi) is 3.92. The third-order valence-corrected chi connectivity index (χ3v) is 5.96. The summed E-state index contributed by atoms with van der Waals surface area (Å²) in [7, 11) is 1.62. The van der Waals surface area contributed by atoms with Crippen LogP contribution in [0.3, 0.4) is 0 Å². The molecule has 0 unspecified atom stereocenters. The smallest absolute Gasteiger partial charge is 0.223 e. The van der Waals surface area contributed by atoms with Gasteiger partial charge in [-0.15, -0.1) is 5.10 Å². The molecule has 0 spiro atoms. The lowest BCUT2D eigenvalue weighted by Crippen LogP contribution is -2.32. The number of benzene rings is 1. The van der Waals surface area contributed by atoms with Gasteiger partial charge in [0, 0.05) is 37.2 Å². The Bertz CT molecular complexity index is 1260. The molecule has 0 atom stereocenters. The molecule has 4 aromatic rings. The summed E-state index contributed by atoms with van der Waals surface area (Å²) in [6.07, 6.45) is 4.08. The quantitative estimate of drug-likeness (QED) is 0.539. The number of nitrogen functional groups attached to an aromatic ring is 1. The van der Waals surface area contributed by atoms with E-state index in [9.17, 15) is 0 Å². The minimum absolute atomic E-state index is 0.303. The average Bonchev–Trinajstić information content (AvgIpc) is 3.37. The van der Waals surface area contributed by atoms with E-state index in [1.807, 2.05) is 18.2 Å². The third-order valence-electron chi connectivity index (χ3n) is 5.96. The number of nitrogens with two attached hydrogens (primary N) is 1. The second kappa shape index (κ2) is 6.66. The summed E-state index contributed by atoms with van der Waals surface area (Å²) >= 11 is 0. The van der Waals surface area contributed by atoms with Crippen molar-refractivity contribution < 1.29 is 9.15 Å². The molecule has 0 bridgehead atoms. The lowest BCUT2D eigenvalue weighted by Gasteiger charge is -2.24. The summed E-state index contributed by atoms with van der Waals surface area (Å²) in [6.45, 7) is 2.62. The van der Waals surface area contributed by atoms with Crippen LogP contribution in [0, 0.1) is 0 Å². The summed E-state index contributed by atoms with van der Waals surface area (Å²) < 4.78 is 13.1. The number of anilines is 1. The fraction of sp³-hybridized carbons (Fsp3) is 0.429. The van der Waals surface area contributed by atoms with Gasteiger partial charge in [-0.1, -0.05) is 6.07 Å². The van der Waals surface area contributed by atoms with E-state index in [0.29, 0.717) is 28.8 Å². The fourth-order valence-corrected chi connectivity index (χ4v) is 4.16. The highest BCUT2D eigenvalue weighted by Crippen LogP contribution is 2.40. The van der Waals surface area contributed by atoms with Crippen molar-refractivity contribution >= 4 is 22.5 Å². The maximum Gasteiger partial charge on any atom is 0.223 e. The number of oxazole rings is 1. The van der Waals surface area contributed by atoms with Gasteiger partial charge >= 0.3 is 0 Å². The molecule has 0 radical (unpaired) electrons. The van der Waals surface area contributed by atoms with E-state index in [-0.39, 0.29) is 0 Å². The molecule has 1 aliphatic heterocycles. The first-order chi connectivity index (χ1) is 14.7. The molecule has 2 N–H and O–H groups in total. The van der Waals surface area contributed by atoms with E-state index in [1.165, 1.54) is 12.8 Å². The van der Waals surface area contributed by atoms with Gasteiger partial charge in [0.2, 0.25) is 5.95 Å². The van der Waals surface area contributed by atoms with Gasteiger partial charge in [-0.25, -0.2) is 15.0 Å². The van der Waals surface area contributed by atoms with Gasteiger partial charge in [0.15, 0.2) is 17.4 Å². The molecular formula is C21H23N7O2. The highest BCUT2D eigenvalue weighted by atomic mass is 16.5. The van der Waals surface area contributed by atoms with Crippen molar-refractivity contribution in [1.29, 1.82) is 0 Å². The van der Waals surface area contributed by atoms with Gasteiger partial charge in [-0.05, 0) is 25.0 Å². The number of methoxy groups -OCH3 is 1. The zero-order chi connectivity index (χ0) is 20.2. The van der Waals surface area contributed by atoms with Crippen LogP contribution < -0.4 is 10.5 Å². The standard InChI is InChI=1S/C21H23N7O2/c1-29-15-4-2-3-13-18(15)25-21(22)28-19(13)24-17(26-28)8-10-27-9-7-14-16(11-27)30-20(23-14)12-5-6-12/h2-4,12H,5-11H2,1H3,(H2,22,25). The van der Waals surface area contributed by atoms with Gasteiger partial charge in [0.05, 0.1) is 19.3 Å². The minimum Gasteiger partial charge on any atom is -0.494 e. The summed E-state index contributed by atoms with van der Waals surface area (Å²) in [5.74, 6) is 4.25. The SMILES string of the molecule is COc1cccc2c1nc(N)n1nc(CCN3CCc4nc(C5CC5)oc4C3)nc21. The van der Waals surface area contributed by atoms with Crippen molar-refractivity contribution in [2.24, 2.45) is 0 Å². The number of ether oxygens (including phenoxy) is 1. The normalized spacial score (nSPS) is 17.0. The summed E-state index contributed by atoms with van der Waals surface area (Å²) in [5, 5.41) is 5.47. The Morgan fingerprint density at radius 1 is 1.23 bits per heavy atom.